The number of benzene rings is 1. The molecule has 0 fully saturated rings. The molecule has 0 bridgehead atoms. The molecule has 0 aliphatic heterocycles. The van der Waals surface area contributed by atoms with Gasteiger partial charge in [-0.3, -0.25) is 4.79 Å². The first kappa shape index (κ1) is 16.4. The molecule has 1 amide bonds. The number of nitrogens with one attached hydrogen (secondary N) is 1. The summed E-state index contributed by atoms with van der Waals surface area (Å²) in [5, 5.41) is 16.7. The summed E-state index contributed by atoms with van der Waals surface area (Å²) >= 11 is 1.57. The Balaban J connectivity index is 1.52. The highest BCUT2D eigenvalue weighted by Gasteiger charge is 2.15. The first-order chi connectivity index (χ1) is 11.6. The predicted octanol–water partition coefficient (Wildman–Crippen LogP) is 3.54. The summed E-state index contributed by atoms with van der Waals surface area (Å²) in [6.07, 6.45) is -0.791. The number of thiophene rings is 1. The summed E-state index contributed by atoms with van der Waals surface area (Å²) in [4.78, 5) is 11.9. The van der Waals surface area contributed by atoms with E-state index in [0.717, 1.165) is 5.56 Å². The molecular weight excluding hydrogens is 329 g/mol. The van der Waals surface area contributed by atoms with Crippen molar-refractivity contribution in [1.29, 1.82) is 0 Å². The predicted molar refractivity (Wildman–Crippen MR) is 90.1 cm³/mol. The van der Waals surface area contributed by atoms with Crippen LogP contribution in [0, 0.1) is 5.82 Å². The summed E-state index contributed by atoms with van der Waals surface area (Å²) in [6.45, 7) is 0.0522. The van der Waals surface area contributed by atoms with Crippen LogP contribution >= 0.6 is 11.3 Å². The highest BCUT2D eigenvalue weighted by Crippen LogP contribution is 2.26. The van der Waals surface area contributed by atoms with Crippen molar-refractivity contribution in [3.8, 4) is 11.3 Å². The Kier molecular flexibility index (Phi) is 5.08. The molecule has 0 radical (unpaired) electrons. The van der Waals surface area contributed by atoms with E-state index in [9.17, 15) is 14.3 Å². The van der Waals surface area contributed by atoms with E-state index in [1.807, 2.05) is 16.8 Å². The maximum absolute atomic E-state index is 12.8. The number of hydrogen-bond acceptors (Lipinski definition) is 4. The highest BCUT2D eigenvalue weighted by atomic mass is 32.1. The summed E-state index contributed by atoms with van der Waals surface area (Å²) < 4.78 is 18.4. The van der Waals surface area contributed by atoms with Crippen molar-refractivity contribution in [2.45, 2.75) is 12.5 Å². The van der Waals surface area contributed by atoms with Crippen molar-refractivity contribution < 1.29 is 18.7 Å². The van der Waals surface area contributed by atoms with Crippen LogP contribution in [0.4, 0.5) is 4.39 Å². The minimum Gasteiger partial charge on any atom is -0.458 e. The van der Waals surface area contributed by atoms with Crippen LogP contribution in [0.25, 0.3) is 11.3 Å². The average Bonchev–Trinajstić information content (AvgIpc) is 3.25. The Morgan fingerprint density at radius 1 is 1.21 bits per heavy atom. The van der Waals surface area contributed by atoms with Crippen LogP contribution in [0.15, 0.2) is 57.6 Å². The van der Waals surface area contributed by atoms with Gasteiger partial charge in [0.2, 0.25) is 5.91 Å². The zero-order valence-electron chi connectivity index (χ0n) is 12.7. The molecule has 3 rings (SSSR count). The molecule has 0 saturated heterocycles. The first-order valence-corrected chi connectivity index (χ1v) is 8.37. The Hall–Kier alpha value is -2.44. The third kappa shape index (κ3) is 4.10. The normalized spacial score (nSPS) is 12.1. The van der Waals surface area contributed by atoms with E-state index in [-0.39, 0.29) is 24.7 Å². The minimum absolute atomic E-state index is 0.0522. The van der Waals surface area contributed by atoms with Gasteiger partial charge >= 0.3 is 0 Å². The van der Waals surface area contributed by atoms with Gasteiger partial charge in [0, 0.05) is 10.9 Å². The topological polar surface area (TPSA) is 62.5 Å². The molecule has 4 nitrogen and oxygen atoms in total. The quantitative estimate of drug-likeness (QED) is 0.718. The standard InChI is InChI=1S/C18H16FNO3S/c19-14-3-1-12(2-4-14)9-18(22)20-10-15(21)17-6-5-16(23-17)13-7-8-24-11-13/h1-8,11,15,21H,9-10H2,(H,20,22)/t15-/m1/s1. The van der Waals surface area contributed by atoms with Gasteiger partial charge in [0.15, 0.2) is 0 Å². The maximum Gasteiger partial charge on any atom is 0.224 e. The van der Waals surface area contributed by atoms with Gasteiger partial charge in [-0.1, -0.05) is 12.1 Å². The lowest BCUT2D eigenvalue weighted by Gasteiger charge is -2.10. The van der Waals surface area contributed by atoms with Gasteiger partial charge in [0.05, 0.1) is 13.0 Å². The number of rotatable bonds is 6. The van der Waals surface area contributed by atoms with E-state index in [1.54, 1.807) is 35.6 Å². The molecule has 0 spiro atoms. The van der Waals surface area contributed by atoms with Crippen LogP contribution in [-0.4, -0.2) is 17.6 Å². The molecule has 6 heteroatoms. The van der Waals surface area contributed by atoms with Crippen LogP contribution < -0.4 is 5.32 Å². The van der Waals surface area contributed by atoms with E-state index >= 15 is 0 Å². The monoisotopic (exact) mass is 345 g/mol. The first-order valence-electron chi connectivity index (χ1n) is 7.43. The van der Waals surface area contributed by atoms with Crippen molar-refractivity contribution in [3.05, 3.63) is 70.4 Å². The minimum atomic E-state index is -0.922. The SMILES string of the molecule is O=C(Cc1ccc(F)cc1)NC[C@@H](O)c1ccc(-c2ccsc2)o1. The van der Waals surface area contributed by atoms with E-state index < -0.39 is 6.10 Å². The molecule has 24 heavy (non-hydrogen) atoms. The average molecular weight is 345 g/mol. The lowest BCUT2D eigenvalue weighted by Crippen LogP contribution is -2.29. The van der Waals surface area contributed by atoms with Gasteiger partial charge < -0.3 is 14.8 Å². The van der Waals surface area contributed by atoms with Crippen molar-refractivity contribution in [1.82, 2.24) is 5.32 Å². The Bertz CT molecular complexity index is 796. The van der Waals surface area contributed by atoms with Gasteiger partial charge in [-0.2, -0.15) is 11.3 Å². The molecule has 0 aliphatic rings. The zero-order valence-corrected chi connectivity index (χ0v) is 13.6. The number of halogens is 1. The number of aliphatic hydroxyl groups is 1. The van der Waals surface area contributed by atoms with Gasteiger partial charge in [-0.15, -0.1) is 0 Å². The Labute approximate surface area is 142 Å². The molecule has 0 unspecified atom stereocenters. The number of aliphatic hydroxyl groups excluding tert-OH is 1. The van der Waals surface area contributed by atoms with Crippen molar-refractivity contribution in [2.24, 2.45) is 0 Å². The van der Waals surface area contributed by atoms with Gasteiger partial charge in [-0.05, 0) is 41.3 Å². The van der Waals surface area contributed by atoms with E-state index in [0.29, 0.717) is 17.1 Å². The molecule has 1 atom stereocenters. The zero-order chi connectivity index (χ0) is 16.9. The fourth-order valence-electron chi connectivity index (χ4n) is 2.25. The molecular formula is C18H16FNO3S. The van der Waals surface area contributed by atoms with Crippen LogP contribution in [0.5, 0.6) is 0 Å². The van der Waals surface area contributed by atoms with Crippen molar-refractivity contribution in [2.75, 3.05) is 6.54 Å². The second-order valence-corrected chi connectivity index (χ2v) is 6.12. The van der Waals surface area contributed by atoms with Crippen LogP contribution in [0.2, 0.25) is 0 Å². The van der Waals surface area contributed by atoms with Gasteiger partial charge in [0.1, 0.15) is 23.4 Å². The molecule has 124 valence electrons. The number of hydrogen-bond donors (Lipinski definition) is 2. The molecule has 2 heterocycles. The second kappa shape index (κ2) is 7.42. The molecule has 1 aromatic carbocycles. The maximum atomic E-state index is 12.8. The molecule has 3 aromatic rings. The second-order valence-electron chi connectivity index (χ2n) is 5.34. The van der Waals surface area contributed by atoms with E-state index in [4.69, 9.17) is 4.42 Å². The van der Waals surface area contributed by atoms with Crippen LogP contribution in [0.1, 0.15) is 17.4 Å². The number of carbonyl (C=O) groups is 1. The third-order valence-electron chi connectivity index (χ3n) is 3.53. The van der Waals surface area contributed by atoms with E-state index in [1.165, 1.54) is 12.1 Å². The fourth-order valence-corrected chi connectivity index (χ4v) is 2.90. The highest BCUT2D eigenvalue weighted by molar-refractivity contribution is 7.08. The third-order valence-corrected chi connectivity index (χ3v) is 4.21. The summed E-state index contributed by atoms with van der Waals surface area (Å²) in [7, 11) is 0. The summed E-state index contributed by atoms with van der Waals surface area (Å²) in [5.74, 6) is 0.500. The lowest BCUT2D eigenvalue weighted by atomic mass is 10.1. The molecule has 0 saturated carbocycles. The van der Waals surface area contributed by atoms with Crippen molar-refractivity contribution >= 4 is 17.2 Å². The summed E-state index contributed by atoms with van der Waals surface area (Å²) in [6, 6.07) is 11.2. The Morgan fingerprint density at radius 2 is 2.00 bits per heavy atom. The number of furan rings is 1. The van der Waals surface area contributed by atoms with Crippen LogP contribution in [0.3, 0.4) is 0 Å². The number of amides is 1. The van der Waals surface area contributed by atoms with E-state index in [2.05, 4.69) is 5.32 Å². The number of carbonyl (C=O) groups excluding carboxylic acids is 1. The fraction of sp³-hybridized carbons (Fsp3) is 0.167. The van der Waals surface area contributed by atoms with Gasteiger partial charge in [-0.25, -0.2) is 4.39 Å². The van der Waals surface area contributed by atoms with Crippen molar-refractivity contribution in [3.63, 3.8) is 0 Å². The Morgan fingerprint density at radius 3 is 2.71 bits per heavy atom. The smallest absolute Gasteiger partial charge is 0.224 e. The van der Waals surface area contributed by atoms with Gasteiger partial charge in [0.25, 0.3) is 0 Å². The van der Waals surface area contributed by atoms with Crippen LogP contribution in [-0.2, 0) is 11.2 Å². The largest absolute Gasteiger partial charge is 0.458 e. The molecule has 2 aromatic heterocycles. The summed E-state index contributed by atoms with van der Waals surface area (Å²) in [5.41, 5.74) is 1.67. The molecule has 2 N–H and O–H groups in total. The lowest BCUT2D eigenvalue weighted by molar-refractivity contribution is -0.120. The molecule has 0 aliphatic carbocycles.